The van der Waals surface area contributed by atoms with Crippen molar-refractivity contribution in [2.24, 2.45) is 0 Å². The molecule has 1 aromatic carbocycles. The quantitative estimate of drug-likeness (QED) is 0.718. The molecular weight excluding hydrogens is 168 g/mol. The van der Waals surface area contributed by atoms with E-state index < -0.39 is 6.10 Å². The Balaban J connectivity index is 3.17. The minimum absolute atomic E-state index is 0.496. The molecule has 0 aliphatic rings. The van der Waals surface area contributed by atoms with Crippen molar-refractivity contribution < 1.29 is 14.6 Å². The third kappa shape index (κ3) is 2.06. The van der Waals surface area contributed by atoms with Gasteiger partial charge in [-0.2, -0.15) is 0 Å². The van der Waals surface area contributed by atoms with Crippen LogP contribution in [0.15, 0.2) is 18.2 Å². The maximum absolute atomic E-state index is 10.6. The standard InChI is InChI=1S/C10H12O3/c1-7(12)10-5-9(13-2)4-3-8(10)6-11/h3-7,12H,1-2H3. The Morgan fingerprint density at radius 1 is 1.54 bits per heavy atom. The molecule has 0 aromatic heterocycles. The van der Waals surface area contributed by atoms with Crippen molar-refractivity contribution in [1.82, 2.24) is 0 Å². The number of rotatable bonds is 3. The molecule has 0 spiro atoms. The van der Waals surface area contributed by atoms with Crippen LogP contribution in [0.4, 0.5) is 0 Å². The topological polar surface area (TPSA) is 46.5 Å². The molecule has 0 amide bonds. The number of carbonyl (C=O) groups excluding carboxylic acids is 1. The first-order valence-electron chi connectivity index (χ1n) is 4.00. The van der Waals surface area contributed by atoms with E-state index >= 15 is 0 Å². The minimum atomic E-state index is -0.657. The number of ether oxygens (including phenoxy) is 1. The lowest BCUT2D eigenvalue weighted by Gasteiger charge is -2.09. The van der Waals surface area contributed by atoms with Crippen LogP contribution >= 0.6 is 0 Å². The summed E-state index contributed by atoms with van der Waals surface area (Å²) < 4.78 is 4.98. The highest BCUT2D eigenvalue weighted by Gasteiger charge is 2.08. The molecule has 0 bridgehead atoms. The second-order valence-electron chi connectivity index (χ2n) is 2.79. The van der Waals surface area contributed by atoms with Crippen LogP contribution in [0.5, 0.6) is 5.75 Å². The van der Waals surface area contributed by atoms with Crippen LogP contribution in [0.25, 0.3) is 0 Å². The molecule has 0 aliphatic carbocycles. The third-order valence-electron chi connectivity index (χ3n) is 1.87. The van der Waals surface area contributed by atoms with Crippen molar-refractivity contribution in [3.63, 3.8) is 0 Å². The first-order chi connectivity index (χ1) is 6.19. The van der Waals surface area contributed by atoms with Gasteiger partial charge in [-0.1, -0.05) is 0 Å². The number of carbonyl (C=O) groups is 1. The van der Waals surface area contributed by atoms with E-state index in [0.717, 1.165) is 6.29 Å². The van der Waals surface area contributed by atoms with Crippen molar-refractivity contribution in [3.8, 4) is 5.75 Å². The van der Waals surface area contributed by atoms with Crippen molar-refractivity contribution >= 4 is 6.29 Å². The van der Waals surface area contributed by atoms with Crippen LogP contribution in [-0.4, -0.2) is 18.5 Å². The van der Waals surface area contributed by atoms with Gasteiger partial charge in [0.1, 0.15) is 12.0 Å². The molecule has 1 rings (SSSR count). The number of aliphatic hydroxyl groups excluding tert-OH is 1. The van der Waals surface area contributed by atoms with Crippen molar-refractivity contribution in [1.29, 1.82) is 0 Å². The minimum Gasteiger partial charge on any atom is -0.497 e. The number of aldehydes is 1. The monoisotopic (exact) mass is 180 g/mol. The summed E-state index contributed by atoms with van der Waals surface area (Å²) in [6.07, 6.45) is 0.0666. The average molecular weight is 180 g/mol. The van der Waals surface area contributed by atoms with Gasteiger partial charge in [0, 0.05) is 5.56 Å². The first kappa shape index (κ1) is 9.74. The highest BCUT2D eigenvalue weighted by atomic mass is 16.5. The summed E-state index contributed by atoms with van der Waals surface area (Å²) in [7, 11) is 1.54. The van der Waals surface area contributed by atoms with Crippen molar-refractivity contribution in [2.45, 2.75) is 13.0 Å². The smallest absolute Gasteiger partial charge is 0.150 e. The summed E-state index contributed by atoms with van der Waals surface area (Å²) in [6.45, 7) is 1.61. The predicted octanol–water partition coefficient (Wildman–Crippen LogP) is 1.56. The van der Waals surface area contributed by atoms with E-state index in [-0.39, 0.29) is 0 Å². The Hall–Kier alpha value is -1.35. The second kappa shape index (κ2) is 4.05. The summed E-state index contributed by atoms with van der Waals surface area (Å²) in [5.74, 6) is 0.640. The lowest BCUT2D eigenvalue weighted by atomic mass is 10.0. The molecule has 0 saturated carbocycles. The number of methoxy groups -OCH3 is 1. The molecule has 3 nitrogen and oxygen atoms in total. The van der Waals surface area contributed by atoms with Gasteiger partial charge in [-0.15, -0.1) is 0 Å². The third-order valence-corrected chi connectivity index (χ3v) is 1.87. The van der Waals surface area contributed by atoms with Gasteiger partial charge >= 0.3 is 0 Å². The van der Waals surface area contributed by atoms with Crippen molar-refractivity contribution in [3.05, 3.63) is 29.3 Å². The fourth-order valence-corrected chi connectivity index (χ4v) is 1.15. The number of hydrogen-bond acceptors (Lipinski definition) is 3. The lowest BCUT2D eigenvalue weighted by Crippen LogP contribution is -1.98. The second-order valence-corrected chi connectivity index (χ2v) is 2.79. The van der Waals surface area contributed by atoms with Gasteiger partial charge < -0.3 is 9.84 Å². The Labute approximate surface area is 77.0 Å². The van der Waals surface area contributed by atoms with Crippen molar-refractivity contribution in [2.75, 3.05) is 7.11 Å². The van der Waals surface area contributed by atoms with E-state index in [1.807, 2.05) is 0 Å². The van der Waals surface area contributed by atoms with Gasteiger partial charge in [0.15, 0.2) is 0 Å². The Bertz CT molecular complexity index is 305. The Morgan fingerprint density at radius 3 is 2.69 bits per heavy atom. The molecule has 70 valence electrons. The molecule has 1 aromatic rings. The normalized spacial score (nSPS) is 12.2. The van der Waals surface area contributed by atoms with Crippen LogP contribution in [0.1, 0.15) is 28.9 Å². The molecule has 0 saturated heterocycles. The molecule has 0 heterocycles. The van der Waals surface area contributed by atoms with Crippen LogP contribution in [0, 0.1) is 0 Å². The first-order valence-corrected chi connectivity index (χ1v) is 4.00. The van der Waals surface area contributed by atoms with Gasteiger partial charge in [0.25, 0.3) is 0 Å². The zero-order chi connectivity index (χ0) is 9.84. The van der Waals surface area contributed by atoms with Gasteiger partial charge in [0.2, 0.25) is 0 Å². The van der Waals surface area contributed by atoms with E-state index in [4.69, 9.17) is 4.74 Å². The van der Waals surface area contributed by atoms with Gasteiger partial charge in [-0.25, -0.2) is 0 Å². The molecular formula is C10H12O3. The van der Waals surface area contributed by atoms with Gasteiger partial charge in [-0.05, 0) is 30.7 Å². The number of hydrogen-bond donors (Lipinski definition) is 1. The van der Waals surface area contributed by atoms with Gasteiger partial charge in [0.05, 0.1) is 13.2 Å². The van der Waals surface area contributed by atoms with Gasteiger partial charge in [-0.3, -0.25) is 4.79 Å². The lowest BCUT2D eigenvalue weighted by molar-refractivity contribution is 0.111. The van der Waals surface area contributed by atoms with E-state index in [1.165, 1.54) is 0 Å². The molecule has 0 aliphatic heterocycles. The zero-order valence-electron chi connectivity index (χ0n) is 7.65. The summed E-state index contributed by atoms with van der Waals surface area (Å²) in [5, 5.41) is 9.34. The summed E-state index contributed by atoms with van der Waals surface area (Å²) in [5.41, 5.74) is 1.09. The SMILES string of the molecule is COc1ccc(C=O)c(C(C)O)c1. The van der Waals surface area contributed by atoms with E-state index in [0.29, 0.717) is 16.9 Å². The Morgan fingerprint density at radius 2 is 2.23 bits per heavy atom. The zero-order valence-corrected chi connectivity index (χ0v) is 7.65. The molecule has 0 radical (unpaired) electrons. The molecule has 13 heavy (non-hydrogen) atoms. The van der Waals surface area contributed by atoms with Crippen LogP contribution in [0.2, 0.25) is 0 Å². The Kier molecular flexibility index (Phi) is 3.03. The maximum Gasteiger partial charge on any atom is 0.150 e. The fraction of sp³-hybridized carbons (Fsp3) is 0.300. The summed E-state index contributed by atoms with van der Waals surface area (Å²) >= 11 is 0. The van der Waals surface area contributed by atoms with E-state index in [2.05, 4.69) is 0 Å². The molecule has 3 heteroatoms. The van der Waals surface area contributed by atoms with Crippen LogP contribution < -0.4 is 4.74 Å². The average Bonchev–Trinajstić information content (AvgIpc) is 2.16. The molecule has 1 N–H and O–H groups in total. The number of benzene rings is 1. The van der Waals surface area contributed by atoms with E-state index in [9.17, 15) is 9.90 Å². The number of aliphatic hydroxyl groups is 1. The molecule has 1 atom stereocenters. The van der Waals surface area contributed by atoms with Crippen LogP contribution in [-0.2, 0) is 0 Å². The highest BCUT2D eigenvalue weighted by molar-refractivity contribution is 5.77. The largest absolute Gasteiger partial charge is 0.497 e. The fourth-order valence-electron chi connectivity index (χ4n) is 1.15. The molecule has 1 unspecified atom stereocenters. The molecule has 0 fully saturated rings. The predicted molar refractivity (Wildman–Crippen MR) is 49.0 cm³/mol. The highest BCUT2D eigenvalue weighted by Crippen LogP contribution is 2.21. The summed E-state index contributed by atoms with van der Waals surface area (Å²) in [6, 6.07) is 4.98. The van der Waals surface area contributed by atoms with Crippen LogP contribution in [0.3, 0.4) is 0 Å². The summed E-state index contributed by atoms with van der Waals surface area (Å²) in [4.78, 5) is 10.6. The maximum atomic E-state index is 10.6. The van der Waals surface area contributed by atoms with E-state index in [1.54, 1.807) is 32.2 Å².